The first-order chi connectivity index (χ1) is 31.8. The molecule has 1 fully saturated rings. The van der Waals surface area contributed by atoms with Gasteiger partial charge in [-0.05, 0) is 12.8 Å². The third-order valence-electron chi connectivity index (χ3n) is 14.2. The maximum atomic E-state index is 13.0. The average molecular weight is 927 g/mol. The maximum absolute atomic E-state index is 13.0. The molecule has 0 aliphatic carbocycles. The summed E-state index contributed by atoms with van der Waals surface area (Å²) < 4.78 is 11.3. The number of aliphatic hydroxyl groups excluding tert-OH is 5. The average Bonchev–Trinajstić information content (AvgIpc) is 3.31. The molecule has 0 radical (unpaired) electrons. The van der Waals surface area contributed by atoms with E-state index in [-0.39, 0.29) is 12.5 Å². The van der Waals surface area contributed by atoms with Crippen LogP contribution in [0.4, 0.5) is 0 Å². The van der Waals surface area contributed by atoms with Crippen LogP contribution in [0.5, 0.6) is 0 Å². The van der Waals surface area contributed by atoms with Crippen molar-refractivity contribution in [1.29, 1.82) is 0 Å². The number of unbranched alkanes of at least 4 members (excludes halogenated alkanes) is 40. The molecular weight excluding hydrogens is 815 g/mol. The molecule has 2 unspecified atom stereocenters. The molecule has 1 amide bonds. The lowest BCUT2D eigenvalue weighted by molar-refractivity contribution is -0.302. The minimum atomic E-state index is -1.55. The lowest BCUT2D eigenvalue weighted by Gasteiger charge is -2.40. The zero-order valence-corrected chi connectivity index (χ0v) is 43.0. The van der Waals surface area contributed by atoms with Crippen LogP contribution in [-0.4, -0.2) is 87.5 Å². The van der Waals surface area contributed by atoms with E-state index in [9.17, 15) is 30.3 Å². The lowest BCUT2D eigenvalue weighted by Crippen LogP contribution is -2.60. The number of aliphatic hydroxyl groups is 5. The summed E-state index contributed by atoms with van der Waals surface area (Å²) >= 11 is 0. The topological polar surface area (TPSA) is 149 Å². The normalized spacial score (nSPS) is 19.8. The van der Waals surface area contributed by atoms with Crippen molar-refractivity contribution in [1.82, 2.24) is 5.32 Å². The minimum absolute atomic E-state index is 0.132. The summed E-state index contributed by atoms with van der Waals surface area (Å²) in [6.45, 7) is 3.85. The fraction of sp³-hybridized carbons (Fsp3) is 0.982. The van der Waals surface area contributed by atoms with E-state index in [1.807, 2.05) is 0 Å². The lowest BCUT2D eigenvalue weighted by atomic mass is 9.99. The molecule has 9 nitrogen and oxygen atoms in total. The maximum Gasteiger partial charge on any atom is 0.220 e. The van der Waals surface area contributed by atoms with Gasteiger partial charge in [-0.2, -0.15) is 0 Å². The zero-order valence-electron chi connectivity index (χ0n) is 43.0. The molecule has 1 heterocycles. The van der Waals surface area contributed by atoms with Crippen molar-refractivity contribution in [3.8, 4) is 0 Å². The van der Waals surface area contributed by atoms with E-state index >= 15 is 0 Å². The molecule has 65 heavy (non-hydrogen) atoms. The van der Waals surface area contributed by atoms with Gasteiger partial charge in [-0.3, -0.25) is 4.79 Å². The summed E-state index contributed by atoms with van der Waals surface area (Å²) in [7, 11) is 0. The van der Waals surface area contributed by atoms with Crippen LogP contribution < -0.4 is 5.32 Å². The molecule has 1 aliphatic heterocycles. The predicted octanol–water partition coefficient (Wildman–Crippen LogP) is 13.9. The van der Waals surface area contributed by atoms with Crippen LogP contribution in [0.2, 0.25) is 0 Å². The third kappa shape index (κ3) is 36.8. The highest BCUT2D eigenvalue weighted by Crippen LogP contribution is 2.23. The summed E-state index contributed by atoms with van der Waals surface area (Å²) in [4.78, 5) is 13.0. The Kier molecular flexibility index (Phi) is 44.9. The summed E-state index contributed by atoms with van der Waals surface area (Å²) in [5.41, 5.74) is 0. The highest BCUT2D eigenvalue weighted by atomic mass is 16.7. The van der Waals surface area contributed by atoms with E-state index < -0.39 is 49.5 Å². The van der Waals surface area contributed by atoms with Gasteiger partial charge in [-0.1, -0.05) is 277 Å². The van der Waals surface area contributed by atoms with Gasteiger partial charge in [-0.25, -0.2) is 0 Å². The molecule has 0 bridgehead atoms. The Balaban J connectivity index is 2.04. The molecule has 0 spiro atoms. The largest absolute Gasteiger partial charge is 0.394 e. The summed E-state index contributed by atoms with van der Waals surface area (Å²) in [5.74, 6) is -0.139. The fourth-order valence-electron chi connectivity index (χ4n) is 9.64. The Morgan fingerprint density at radius 2 is 0.769 bits per heavy atom. The fourth-order valence-corrected chi connectivity index (χ4v) is 9.64. The molecule has 1 aliphatic rings. The van der Waals surface area contributed by atoms with Crippen LogP contribution in [0, 0.1) is 0 Å². The van der Waals surface area contributed by atoms with Crippen molar-refractivity contribution < 1.29 is 39.8 Å². The van der Waals surface area contributed by atoms with Crippen LogP contribution in [-0.2, 0) is 14.3 Å². The number of hydrogen-bond donors (Lipinski definition) is 6. The zero-order chi connectivity index (χ0) is 47.3. The second-order valence-corrected chi connectivity index (χ2v) is 20.5. The van der Waals surface area contributed by atoms with Gasteiger partial charge in [0.25, 0.3) is 0 Å². The van der Waals surface area contributed by atoms with Gasteiger partial charge in [0.2, 0.25) is 5.91 Å². The first-order valence-electron chi connectivity index (χ1n) is 28.7. The van der Waals surface area contributed by atoms with E-state index in [2.05, 4.69) is 19.2 Å². The van der Waals surface area contributed by atoms with Crippen LogP contribution in [0.15, 0.2) is 0 Å². The molecule has 9 heteroatoms. The number of ether oxygens (including phenoxy) is 2. The van der Waals surface area contributed by atoms with Crippen molar-refractivity contribution in [3.63, 3.8) is 0 Å². The molecule has 388 valence electrons. The van der Waals surface area contributed by atoms with E-state index in [0.29, 0.717) is 12.8 Å². The van der Waals surface area contributed by atoms with Crippen molar-refractivity contribution in [2.24, 2.45) is 0 Å². The Morgan fingerprint density at radius 1 is 0.462 bits per heavy atom. The van der Waals surface area contributed by atoms with E-state index in [1.54, 1.807) is 0 Å². The highest BCUT2D eigenvalue weighted by Gasteiger charge is 2.44. The van der Waals surface area contributed by atoms with Crippen molar-refractivity contribution in [2.75, 3.05) is 13.2 Å². The number of amides is 1. The van der Waals surface area contributed by atoms with Gasteiger partial charge in [0, 0.05) is 6.42 Å². The van der Waals surface area contributed by atoms with Crippen LogP contribution in [0.1, 0.15) is 296 Å². The Hall–Kier alpha value is -0.810. The monoisotopic (exact) mass is 926 g/mol. The number of carbonyl (C=O) groups is 1. The Labute approximate surface area is 402 Å². The molecule has 7 atom stereocenters. The minimum Gasteiger partial charge on any atom is -0.394 e. The van der Waals surface area contributed by atoms with Crippen molar-refractivity contribution in [2.45, 2.75) is 339 Å². The molecule has 0 saturated carbocycles. The molecule has 1 rings (SSSR count). The third-order valence-corrected chi connectivity index (χ3v) is 14.2. The summed E-state index contributed by atoms with van der Waals surface area (Å²) in [6.07, 6.45) is 48.8. The first-order valence-corrected chi connectivity index (χ1v) is 28.7. The molecule has 6 N–H and O–H groups in total. The molecule has 1 saturated heterocycles. The molecule has 0 aromatic carbocycles. The van der Waals surface area contributed by atoms with Gasteiger partial charge < -0.3 is 40.3 Å². The summed E-state index contributed by atoms with van der Waals surface area (Å²) in [6, 6.07) is -0.711. The van der Waals surface area contributed by atoms with E-state index in [1.165, 1.54) is 231 Å². The van der Waals surface area contributed by atoms with Gasteiger partial charge in [0.1, 0.15) is 24.4 Å². The Morgan fingerprint density at radius 3 is 1.09 bits per heavy atom. The number of hydrogen-bond acceptors (Lipinski definition) is 8. The second kappa shape index (κ2) is 46.9. The molecular formula is C56H111NO8. The highest BCUT2D eigenvalue weighted by molar-refractivity contribution is 5.76. The van der Waals surface area contributed by atoms with Crippen molar-refractivity contribution in [3.05, 3.63) is 0 Å². The van der Waals surface area contributed by atoms with Crippen LogP contribution in [0.25, 0.3) is 0 Å². The van der Waals surface area contributed by atoms with Gasteiger partial charge in [0.15, 0.2) is 6.29 Å². The standard InChI is InChI=1S/C56H111NO8/c1-3-5-7-9-11-13-15-16-17-18-19-20-21-22-23-24-25-26-27-28-29-30-31-32-33-34-35-36-38-40-42-44-46-52(60)57-49(48-64-56-55(63)54(62)53(61)51(47-58)65-56)50(59)45-43-41-39-37-14-12-10-8-6-4-2/h49-51,53-56,58-59,61-63H,3-48H2,1-2H3,(H,57,60)/t49-,50+,51+,53+,54?,55?,56+/m0/s1. The first kappa shape index (κ1) is 62.2. The Bertz CT molecular complexity index is 986. The van der Waals surface area contributed by atoms with Crippen LogP contribution >= 0.6 is 0 Å². The number of nitrogens with one attached hydrogen (secondary N) is 1. The quantitative estimate of drug-likeness (QED) is 0.0330. The van der Waals surface area contributed by atoms with Gasteiger partial charge in [0.05, 0.1) is 25.4 Å². The smallest absolute Gasteiger partial charge is 0.220 e. The van der Waals surface area contributed by atoms with E-state index in [4.69, 9.17) is 9.47 Å². The SMILES string of the molecule is CCCCCCCCCCCCCCCCCCCCCCCCCCCCCCCCCCC(=O)N[C@@H](CO[C@@H]1O[C@H](CO)[C@@H](O)C(O)C1O)[C@H](O)CCCCCCCCCCCC. The molecule has 0 aromatic rings. The van der Waals surface area contributed by atoms with Crippen molar-refractivity contribution >= 4 is 5.91 Å². The van der Waals surface area contributed by atoms with Crippen LogP contribution in [0.3, 0.4) is 0 Å². The van der Waals surface area contributed by atoms with Gasteiger partial charge >= 0.3 is 0 Å². The molecule has 0 aromatic heterocycles. The summed E-state index contributed by atoms with van der Waals surface area (Å²) in [5, 5.41) is 54.4. The van der Waals surface area contributed by atoms with E-state index in [0.717, 1.165) is 38.5 Å². The second-order valence-electron chi connectivity index (χ2n) is 20.5. The predicted molar refractivity (Wildman–Crippen MR) is 272 cm³/mol. The number of carbonyl (C=O) groups excluding carboxylic acids is 1. The number of rotatable bonds is 50. The van der Waals surface area contributed by atoms with Gasteiger partial charge in [-0.15, -0.1) is 0 Å².